The van der Waals surface area contributed by atoms with Crippen molar-refractivity contribution in [1.82, 2.24) is 19.6 Å². The van der Waals surface area contributed by atoms with Crippen LogP contribution in [0.1, 0.15) is 11.3 Å². The number of rotatable bonds is 2. The molecule has 14 heavy (non-hydrogen) atoms. The summed E-state index contributed by atoms with van der Waals surface area (Å²) in [4.78, 5) is 0. The molecule has 0 aliphatic rings. The zero-order valence-corrected chi connectivity index (χ0v) is 8.31. The Bertz CT molecular complexity index is 440. The average Bonchev–Trinajstić information content (AvgIpc) is 2.61. The molecule has 0 unspecified atom stereocenters. The molecule has 2 N–H and O–H groups in total. The molecule has 5 heteroatoms. The molecule has 5 nitrogen and oxygen atoms in total. The second kappa shape index (κ2) is 3.17. The first-order valence-corrected chi connectivity index (χ1v) is 4.42. The average molecular weight is 191 g/mol. The number of aromatic nitrogens is 4. The van der Waals surface area contributed by atoms with Gasteiger partial charge in [0.15, 0.2) is 0 Å². The number of hydrogen-bond acceptors (Lipinski definition) is 3. The van der Waals surface area contributed by atoms with Crippen molar-refractivity contribution in [2.75, 3.05) is 5.73 Å². The van der Waals surface area contributed by atoms with Crippen LogP contribution in [-0.2, 0) is 13.6 Å². The van der Waals surface area contributed by atoms with E-state index in [1.54, 1.807) is 4.68 Å². The molecular formula is C9H13N5. The number of anilines is 1. The number of aryl methyl sites for hydroxylation is 2. The lowest BCUT2D eigenvalue weighted by Gasteiger charge is -2.00. The summed E-state index contributed by atoms with van der Waals surface area (Å²) >= 11 is 0. The molecule has 0 aliphatic carbocycles. The van der Waals surface area contributed by atoms with Gasteiger partial charge in [-0.25, -0.2) is 0 Å². The zero-order valence-electron chi connectivity index (χ0n) is 8.31. The molecule has 0 fully saturated rings. The van der Waals surface area contributed by atoms with Crippen LogP contribution in [0, 0.1) is 6.92 Å². The Morgan fingerprint density at radius 2 is 2.29 bits per heavy atom. The molecule has 74 valence electrons. The van der Waals surface area contributed by atoms with E-state index in [2.05, 4.69) is 10.2 Å². The molecule has 2 rings (SSSR count). The molecule has 0 bridgehead atoms. The van der Waals surface area contributed by atoms with Gasteiger partial charge < -0.3 is 5.73 Å². The largest absolute Gasteiger partial charge is 0.382 e. The number of nitrogens with zero attached hydrogens (tertiary/aromatic N) is 4. The van der Waals surface area contributed by atoms with Gasteiger partial charge >= 0.3 is 0 Å². The van der Waals surface area contributed by atoms with E-state index in [9.17, 15) is 0 Å². The highest BCUT2D eigenvalue weighted by molar-refractivity contribution is 5.29. The van der Waals surface area contributed by atoms with Crippen LogP contribution in [-0.4, -0.2) is 19.6 Å². The molecule has 2 heterocycles. The minimum Gasteiger partial charge on any atom is -0.382 e. The Labute approximate surface area is 82.1 Å². The Balaban J connectivity index is 2.22. The summed E-state index contributed by atoms with van der Waals surface area (Å²) in [7, 11) is 1.90. The van der Waals surface area contributed by atoms with Crippen molar-refractivity contribution in [3.05, 3.63) is 29.7 Å². The van der Waals surface area contributed by atoms with Gasteiger partial charge in [-0.15, -0.1) is 0 Å². The minimum absolute atomic E-state index is 0.561. The second-order valence-corrected chi connectivity index (χ2v) is 3.39. The Hall–Kier alpha value is -1.78. The molecular weight excluding hydrogens is 178 g/mol. The van der Waals surface area contributed by atoms with Crippen molar-refractivity contribution in [2.45, 2.75) is 13.5 Å². The van der Waals surface area contributed by atoms with Gasteiger partial charge in [0.2, 0.25) is 0 Å². The molecule has 0 saturated carbocycles. The smallest absolute Gasteiger partial charge is 0.145 e. The zero-order chi connectivity index (χ0) is 10.1. The molecule has 0 saturated heterocycles. The molecule has 2 aromatic heterocycles. The van der Waals surface area contributed by atoms with Gasteiger partial charge in [-0.1, -0.05) is 0 Å². The third-order valence-electron chi connectivity index (χ3n) is 2.09. The third kappa shape index (κ3) is 1.61. The summed E-state index contributed by atoms with van der Waals surface area (Å²) in [6, 6.07) is 1.86. The fourth-order valence-electron chi connectivity index (χ4n) is 1.42. The van der Waals surface area contributed by atoms with E-state index in [0.717, 1.165) is 17.8 Å². The summed E-state index contributed by atoms with van der Waals surface area (Å²) < 4.78 is 3.64. The standard InChI is InChI=1S/C9H13N5/c1-7-3-9(10)12-14(7)6-8-4-11-13(2)5-8/h3-5H,6H2,1-2H3,(H2,10,12). The number of nitrogen functional groups attached to an aromatic ring is 1. The lowest BCUT2D eigenvalue weighted by atomic mass is 10.3. The van der Waals surface area contributed by atoms with Gasteiger partial charge in [0.25, 0.3) is 0 Å². The van der Waals surface area contributed by atoms with E-state index >= 15 is 0 Å². The fraction of sp³-hybridized carbons (Fsp3) is 0.333. The van der Waals surface area contributed by atoms with E-state index in [1.807, 2.05) is 37.1 Å². The molecule has 0 radical (unpaired) electrons. The highest BCUT2D eigenvalue weighted by atomic mass is 15.3. The highest BCUT2D eigenvalue weighted by Crippen LogP contribution is 2.07. The Morgan fingerprint density at radius 1 is 1.50 bits per heavy atom. The van der Waals surface area contributed by atoms with E-state index < -0.39 is 0 Å². The van der Waals surface area contributed by atoms with E-state index in [-0.39, 0.29) is 0 Å². The predicted octanol–water partition coefficient (Wildman–Crippen LogP) is 0.556. The molecule has 0 atom stereocenters. The van der Waals surface area contributed by atoms with E-state index in [0.29, 0.717) is 5.82 Å². The predicted molar refractivity (Wildman–Crippen MR) is 53.7 cm³/mol. The maximum absolute atomic E-state index is 5.59. The van der Waals surface area contributed by atoms with Crippen molar-refractivity contribution in [2.24, 2.45) is 7.05 Å². The van der Waals surface area contributed by atoms with Crippen LogP contribution in [0.2, 0.25) is 0 Å². The van der Waals surface area contributed by atoms with Gasteiger partial charge in [0.1, 0.15) is 5.82 Å². The van der Waals surface area contributed by atoms with Crippen LogP contribution in [0.5, 0.6) is 0 Å². The summed E-state index contributed by atoms with van der Waals surface area (Å²) in [6.45, 7) is 2.70. The van der Waals surface area contributed by atoms with Crippen LogP contribution in [0.4, 0.5) is 5.82 Å². The first kappa shape index (κ1) is 8.80. The van der Waals surface area contributed by atoms with Crippen LogP contribution in [0.25, 0.3) is 0 Å². The third-order valence-corrected chi connectivity index (χ3v) is 2.09. The monoisotopic (exact) mass is 191 g/mol. The van der Waals surface area contributed by atoms with Crippen LogP contribution in [0.3, 0.4) is 0 Å². The van der Waals surface area contributed by atoms with Gasteiger partial charge in [-0.3, -0.25) is 9.36 Å². The number of hydrogen-bond donors (Lipinski definition) is 1. The van der Waals surface area contributed by atoms with Gasteiger partial charge in [-0.2, -0.15) is 10.2 Å². The van der Waals surface area contributed by atoms with Crippen molar-refractivity contribution in [1.29, 1.82) is 0 Å². The van der Waals surface area contributed by atoms with Crippen LogP contribution in [0.15, 0.2) is 18.5 Å². The summed E-state index contributed by atoms with van der Waals surface area (Å²) in [5, 5.41) is 8.27. The molecule has 0 aromatic carbocycles. The van der Waals surface area contributed by atoms with Crippen molar-refractivity contribution >= 4 is 5.82 Å². The topological polar surface area (TPSA) is 61.7 Å². The number of nitrogens with two attached hydrogens (primary N) is 1. The van der Waals surface area contributed by atoms with Crippen molar-refractivity contribution < 1.29 is 0 Å². The Morgan fingerprint density at radius 3 is 2.79 bits per heavy atom. The van der Waals surface area contributed by atoms with E-state index in [1.165, 1.54) is 0 Å². The quantitative estimate of drug-likeness (QED) is 0.754. The summed E-state index contributed by atoms with van der Waals surface area (Å²) in [5.41, 5.74) is 7.77. The normalized spacial score (nSPS) is 10.7. The highest BCUT2D eigenvalue weighted by Gasteiger charge is 2.03. The SMILES string of the molecule is Cc1cc(N)nn1Cc1cnn(C)c1. The van der Waals surface area contributed by atoms with Gasteiger partial charge in [0, 0.05) is 30.6 Å². The molecule has 0 amide bonds. The fourth-order valence-corrected chi connectivity index (χ4v) is 1.42. The molecule has 2 aromatic rings. The lowest BCUT2D eigenvalue weighted by Crippen LogP contribution is -2.03. The summed E-state index contributed by atoms with van der Waals surface area (Å²) in [6.07, 6.45) is 3.80. The second-order valence-electron chi connectivity index (χ2n) is 3.39. The van der Waals surface area contributed by atoms with Gasteiger partial charge in [-0.05, 0) is 6.92 Å². The Kier molecular flexibility index (Phi) is 1.99. The van der Waals surface area contributed by atoms with Crippen molar-refractivity contribution in [3.63, 3.8) is 0 Å². The van der Waals surface area contributed by atoms with Crippen LogP contribution < -0.4 is 5.73 Å². The maximum atomic E-state index is 5.59. The molecule has 0 aliphatic heterocycles. The lowest BCUT2D eigenvalue weighted by molar-refractivity contribution is 0.667. The first-order chi connectivity index (χ1) is 6.65. The maximum Gasteiger partial charge on any atom is 0.145 e. The first-order valence-electron chi connectivity index (χ1n) is 4.42. The van der Waals surface area contributed by atoms with Crippen LogP contribution >= 0.6 is 0 Å². The summed E-state index contributed by atoms with van der Waals surface area (Å²) in [5.74, 6) is 0.561. The molecule has 0 spiro atoms. The van der Waals surface area contributed by atoms with E-state index in [4.69, 9.17) is 5.73 Å². The minimum atomic E-state index is 0.561. The van der Waals surface area contributed by atoms with Gasteiger partial charge in [0.05, 0.1) is 12.7 Å². The van der Waals surface area contributed by atoms with Crippen molar-refractivity contribution in [3.8, 4) is 0 Å².